The van der Waals surface area contributed by atoms with E-state index in [2.05, 4.69) is 36.8 Å². The first-order chi connectivity index (χ1) is 7.13. The first-order valence-corrected chi connectivity index (χ1v) is 5.74. The molecule has 0 atom stereocenters. The van der Waals surface area contributed by atoms with Gasteiger partial charge in [-0.3, -0.25) is 0 Å². The molecule has 5 heteroatoms. The van der Waals surface area contributed by atoms with E-state index < -0.39 is 0 Å². The molecule has 0 fully saturated rings. The Labute approximate surface area is 103 Å². The van der Waals surface area contributed by atoms with Crippen LogP contribution in [-0.2, 0) is 0 Å². The Balaban J connectivity index is 2.81. The largest absolute Gasteiger partial charge is 0.504 e. The summed E-state index contributed by atoms with van der Waals surface area (Å²) in [5, 5.41) is 10.5. The molecule has 0 unspecified atom stereocenters. The van der Waals surface area contributed by atoms with Crippen LogP contribution in [0.3, 0.4) is 0 Å². The number of methoxy groups -OCH3 is 1. The number of benzene rings is 1. The Hall–Kier alpha value is -0.810. The van der Waals surface area contributed by atoms with E-state index in [1.165, 1.54) is 0 Å². The van der Waals surface area contributed by atoms with Crippen LogP contribution in [0.15, 0.2) is 27.3 Å². The standard InChI is InChI=1S/C10H7Br2NO2/c1-15-5-2-3-7-6(4-5)8(11)9(14)10(12)13-7/h2-4,14H,1H3. The van der Waals surface area contributed by atoms with Crippen molar-refractivity contribution in [2.75, 3.05) is 7.11 Å². The number of halogens is 2. The minimum Gasteiger partial charge on any atom is -0.504 e. The minimum atomic E-state index is 0.0933. The van der Waals surface area contributed by atoms with Gasteiger partial charge in [-0.2, -0.15) is 0 Å². The number of aromatic hydroxyl groups is 1. The number of aromatic nitrogens is 1. The molecule has 1 aromatic carbocycles. The van der Waals surface area contributed by atoms with Gasteiger partial charge in [-0.15, -0.1) is 0 Å². The molecule has 1 aromatic heterocycles. The maximum atomic E-state index is 9.67. The van der Waals surface area contributed by atoms with E-state index in [1.807, 2.05) is 18.2 Å². The molecule has 0 amide bonds. The number of fused-ring (bicyclic) bond motifs is 1. The van der Waals surface area contributed by atoms with Crippen LogP contribution >= 0.6 is 31.9 Å². The van der Waals surface area contributed by atoms with Gasteiger partial charge in [0.1, 0.15) is 10.4 Å². The zero-order valence-electron chi connectivity index (χ0n) is 7.79. The summed E-state index contributed by atoms with van der Waals surface area (Å²) in [5.74, 6) is 0.822. The second kappa shape index (κ2) is 3.98. The summed E-state index contributed by atoms with van der Waals surface area (Å²) in [6.07, 6.45) is 0. The summed E-state index contributed by atoms with van der Waals surface area (Å²) in [5.41, 5.74) is 0.785. The maximum absolute atomic E-state index is 9.67. The van der Waals surface area contributed by atoms with Crippen molar-refractivity contribution in [1.29, 1.82) is 0 Å². The highest BCUT2D eigenvalue weighted by Crippen LogP contribution is 2.37. The summed E-state index contributed by atoms with van der Waals surface area (Å²) >= 11 is 6.50. The van der Waals surface area contributed by atoms with E-state index in [0.717, 1.165) is 16.7 Å². The second-order valence-corrected chi connectivity index (χ2v) is 4.49. The fourth-order valence-electron chi connectivity index (χ4n) is 1.29. The van der Waals surface area contributed by atoms with E-state index in [0.29, 0.717) is 9.08 Å². The SMILES string of the molecule is COc1ccc2nc(Br)c(O)c(Br)c2c1. The van der Waals surface area contributed by atoms with Gasteiger partial charge in [0, 0.05) is 5.39 Å². The van der Waals surface area contributed by atoms with Gasteiger partial charge in [0.05, 0.1) is 17.1 Å². The fourth-order valence-corrected chi connectivity index (χ4v) is 2.45. The number of ether oxygens (including phenoxy) is 1. The molecule has 0 saturated heterocycles. The van der Waals surface area contributed by atoms with Crippen LogP contribution in [0.1, 0.15) is 0 Å². The minimum absolute atomic E-state index is 0.0933. The average molecular weight is 333 g/mol. The molecular formula is C10H7Br2NO2. The number of hydrogen-bond acceptors (Lipinski definition) is 3. The van der Waals surface area contributed by atoms with Crippen molar-refractivity contribution in [3.63, 3.8) is 0 Å². The molecule has 0 saturated carbocycles. The number of pyridine rings is 1. The van der Waals surface area contributed by atoms with Gasteiger partial charge in [-0.1, -0.05) is 0 Å². The van der Waals surface area contributed by atoms with Crippen LogP contribution in [0, 0.1) is 0 Å². The lowest BCUT2D eigenvalue weighted by Gasteiger charge is -2.06. The van der Waals surface area contributed by atoms with Crippen LogP contribution in [-0.4, -0.2) is 17.2 Å². The molecule has 0 aliphatic heterocycles. The third-order valence-corrected chi connectivity index (χ3v) is 3.42. The smallest absolute Gasteiger partial charge is 0.163 e. The predicted octanol–water partition coefficient (Wildman–Crippen LogP) is 3.47. The van der Waals surface area contributed by atoms with Crippen molar-refractivity contribution >= 4 is 42.8 Å². The van der Waals surface area contributed by atoms with E-state index >= 15 is 0 Å². The van der Waals surface area contributed by atoms with Gasteiger partial charge < -0.3 is 9.84 Å². The topological polar surface area (TPSA) is 42.4 Å². The van der Waals surface area contributed by atoms with Crippen molar-refractivity contribution in [3.05, 3.63) is 27.3 Å². The Bertz CT molecular complexity index is 528. The lowest BCUT2D eigenvalue weighted by atomic mass is 10.2. The molecule has 15 heavy (non-hydrogen) atoms. The van der Waals surface area contributed by atoms with Gasteiger partial charge in [0.2, 0.25) is 0 Å². The lowest BCUT2D eigenvalue weighted by molar-refractivity contribution is 0.415. The molecule has 0 radical (unpaired) electrons. The van der Waals surface area contributed by atoms with Crippen molar-refractivity contribution in [1.82, 2.24) is 4.98 Å². The molecule has 0 bridgehead atoms. The first kappa shape index (κ1) is 10.7. The van der Waals surface area contributed by atoms with Crippen molar-refractivity contribution in [2.24, 2.45) is 0 Å². The van der Waals surface area contributed by atoms with E-state index in [4.69, 9.17) is 4.74 Å². The number of hydrogen-bond donors (Lipinski definition) is 1. The van der Waals surface area contributed by atoms with E-state index in [9.17, 15) is 5.11 Å². The molecule has 78 valence electrons. The normalized spacial score (nSPS) is 10.6. The van der Waals surface area contributed by atoms with Gasteiger partial charge in [-0.25, -0.2) is 4.98 Å². The molecule has 0 spiro atoms. The summed E-state index contributed by atoms with van der Waals surface area (Å²) in [4.78, 5) is 4.19. The molecular weight excluding hydrogens is 326 g/mol. The van der Waals surface area contributed by atoms with Crippen LogP contribution in [0.25, 0.3) is 10.9 Å². The average Bonchev–Trinajstić information content (AvgIpc) is 2.26. The third-order valence-electron chi connectivity index (χ3n) is 2.06. The molecule has 2 rings (SSSR count). The van der Waals surface area contributed by atoms with Crippen molar-refractivity contribution in [2.45, 2.75) is 0 Å². The summed E-state index contributed by atoms with van der Waals surface area (Å²) in [7, 11) is 1.60. The monoisotopic (exact) mass is 331 g/mol. The molecule has 1 heterocycles. The summed E-state index contributed by atoms with van der Waals surface area (Å²) in [6, 6.07) is 5.48. The molecule has 2 aromatic rings. The van der Waals surface area contributed by atoms with E-state index in [1.54, 1.807) is 7.11 Å². The predicted molar refractivity (Wildman–Crippen MR) is 65.4 cm³/mol. The Morgan fingerprint density at radius 2 is 2.07 bits per heavy atom. The quantitative estimate of drug-likeness (QED) is 0.813. The Morgan fingerprint density at radius 3 is 2.73 bits per heavy atom. The second-order valence-electron chi connectivity index (χ2n) is 2.95. The highest BCUT2D eigenvalue weighted by Gasteiger charge is 2.10. The Kier molecular flexibility index (Phi) is 2.84. The summed E-state index contributed by atoms with van der Waals surface area (Å²) < 4.78 is 6.14. The Morgan fingerprint density at radius 1 is 1.33 bits per heavy atom. The van der Waals surface area contributed by atoms with Gasteiger partial charge in [0.25, 0.3) is 0 Å². The number of nitrogens with zero attached hydrogens (tertiary/aromatic N) is 1. The fraction of sp³-hybridized carbons (Fsp3) is 0.100. The third kappa shape index (κ3) is 1.81. The molecule has 1 N–H and O–H groups in total. The highest BCUT2D eigenvalue weighted by molar-refractivity contribution is 9.11. The summed E-state index contributed by atoms with van der Waals surface area (Å²) in [6.45, 7) is 0. The van der Waals surface area contributed by atoms with Gasteiger partial charge >= 0.3 is 0 Å². The first-order valence-electron chi connectivity index (χ1n) is 4.15. The van der Waals surface area contributed by atoms with Crippen LogP contribution in [0.5, 0.6) is 11.5 Å². The zero-order valence-corrected chi connectivity index (χ0v) is 11.0. The number of rotatable bonds is 1. The molecule has 0 aliphatic carbocycles. The van der Waals surface area contributed by atoms with Crippen LogP contribution < -0.4 is 4.74 Å². The molecule has 0 aliphatic rings. The van der Waals surface area contributed by atoms with Gasteiger partial charge in [-0.05, 0) is 50.1 Å². The maximum Gasteiger partial charge on any atom is 0.163 e. The lowest BCUT2D eigenvalue weighted by Crippen LogP contribution is -1.87. The van der Waals surface area contributed by atoms with Gasteiger partial charge in [0.15, 0.2) is 5.75 Å². The molecule has 3 nitrogen and oxygen atoms in total. The van der Waals surface area contributed by atoms with Crippen molar-refractivity contribution in [3.8, 4) is 11.5 Å². The van der Waals surface area contributed by atoms with E-state index in [-0.39, 0.29) is 5.75 Å². The zero-order chi connectivity index (χ0) is 11.0. The van der Waals surface area contributed by atoms with Crippen molar-refractivity contribution < 1.29 is 9.84 Å². The van der Waals surface area contributed by atoms with Crippen LogP contribution in [0.2, 0.25) is 0 Å². The van der Waals surface area contributed by atoms with Crippen LogP contribution in [0.4, 0.5) is 0 Å². The highest BCUT2D eigenvalue weighted by atomic mass is 79.9.